The number of rotatable bonds is 4. The van der Waals surface area contributed by atoms with E-state index in [2.05, 4.69) is 9.88 Å². The molecular weight excluding hydrogens is 434 g/mol. The molecule has 0 saturated carbocycles. The number of imide groups is 2. The normalized spacial score (nSPS) is 16.4. The lowest BCUT2D eigenvalue weighted by Gasteiger charge is -2.26. The smallest absolute Gasteiger partial charge is 0.331 e. The number of carbonyl (C=O) groups is 3. The molecule has 3 aromatic rings. The molecule has 1 saturated heterocycles. The van der Waals surface area contributed by atoms with Gasteiger partial charge >= 0.3 is 6.03 Å². The molecule has 5 rings (SSSR count). The van der Waals surface area contributed by atoms with Gasteiger partial charge in [0.1, 0.15) is 5.57 Å². The Bertz CT molecular complexity index is 1370. The maximum atomic E-state index is 13.2. The molecule has 2 aromatic carbocycles. The maximum Gasteiger partial charge on any atom is 0.331 e. The van der Waals surface area contributed by atoms with Gasteiger partial charge in [0.25, 0.3) is 11.8 Å². The number of hydrogen-bond donors (Lipinski definition) is 1. The van der Waals surface area contributed by atoms with Crippen LogP contribution in [0.15, 0.2) is 54.1 Å². The van der Waals surface area contributed by atoms with Gasteiger partial charge in [-0.25, -0.2) is 4.79 Å². The minimum Gasteiger partial charge on any atom is -0.454 e. The Hall–Kier alpha value is -4.33. The van der Waals surface area contributed by atoms with Gasteiger partial charge in [-0.2, -0.15) is 0 Å². The van der Waals surface area contributed by atoms with E-state index in [1.807, 2.05) is 51.1 Å². The lowest BCUT2D eigenvalue weighted by molar-refractivity contribution is -0.130. The fourth-order valence-electron chi connectivity index (χ4n) is 4.24. The first-order valence-electron chi connectivity index (χ1n) is 10.8. The van der Waals surface area contributed by atoms with E-state index in [1.54, 1.807) is 24.3 Å². The number of benzene rings is 2. The highest BCUT2D eigenvalue weighted by molar-refractivity contribution is 6.31. The second-order valence-corrected chi connectivity index (χ2v) is 8.39. The molecule has 172 valence electrons. The van der Waals surface area contributed by atoms with Crippen molar-refractivity contribution in [2.75, 3.05) is 6.79 Å². The third kappa shape index (κ3) is 3.73. The molecule has 0 bridgehead atoms. The molecule has 4 amide bonds. The van der Waals surface area contributed by atoms with Crippen molar-refractivity contribution in [3.05, 3.63) is 82.2 Å². The van der Waals surface area contributed by atoms with Gasteiger partial charge in [-0.3, -0.25) is 19.8 Å². The predicted octanol–water partition coefficient (Wildman–Crippen LogP) is 3.79. The van der Waals surface area contributed by atoms with Crippen molar-refractivity contribution in [1.82, 2.24) is 14.8 Å². The SMILES string of the molecule is Cc1ccc(-n2c(C)cc(/C=C3\C(=O)NC(=O)N(Cc4ccc5c(c4)OCO5)C3=O)c2C)cc1. The molecule has 1 N–H and O–H groups in total. The Kier molecular flexibility index (Phi) is 5.20. The van der Waals surface area contributed by atoms with Crippen LogP contribution in [0.25, 0.3) is 11.8 Å². The molecule has 0 spiro atoms. The standard InChI is InChI=1S/C26H23N3O5/c1-15-4-7-20(8-5-15)29-16(2)10-19(17(29)3)12-21-24(30)27-26(32)28(25(21)31)13-18-6-9-22-23(11-18)34-14-33-22/h4-12H,13-14H2,1-3H3,(H,27,30,32)/b21-12+. The number of carbonyl (C=O) groups excluding carboxylic acids is 3. The summed E-state index contributed by atoms with van der Waals surface area (Å²) in [6.45, 7) is 6.05. The fraction of sp³-hybridized carbons (Fsp3) is 0.192. The molecule has 0 unspecified atom stereocenters. The van der Waals surface area contributed by atoms with E-state index < -0.39 is 17.8 Å². The van der Waals surface area contributed by atoms with Crippen LogP contribution in [0.4, 0.5) is 4.79 Å². The molecule has 0 radical (unpaired) electrons. The van der Waals surface area contributed by atoms with Crippen molar-refractivity contribution in [3.63, 3.8) is 0 Å². The molecule has 8 nitrogen and oxygen atoms in total. The fourth-order valence-corrected chi connectivity index (χ4v) is 4.24. The zero-order chi connectivity index (χ0) is 24.0. The second kappa shape index (κ2) is 8.22. The highest BCUT2D eigenvalue weighted by Gasteiger charge is 2.36. The summed E-state index contributed by atoms with van der Waals surface area (Å²) in [7, 11) is 0. The summed E-state index contributed by atoms with van der Waals surface area (Å²) in [4.78, 5) is 39.3. The number of aryl methyl sites for hydroxylation is 2. The molecule has 0 atom stereocenters. The first-order chi connectivity index (χ1) is 16.3. The lowest BCUT2D eigenvalue weighted by Crippen LogP contribution is -2.53. The van der Waals surface area contributed by atoms with Crippen molar-refractivity contribution < 1.29 is 23.9 Å². The molecule has 1 fully saturated rings. The Balaban J connectivity index is 1.46. The van der Waals surface area contributed by atoms with Crippen LogP contribution in [0, 0.1) is 20.8 Å². The molecular formula is C26H23N3O5. The minimum atomic E-state index is -0.755. The van der Waals surface area contributed by atoms with E-state index >= 15 is 0 Å². The van der Waals surface area contributed by atoms with Crippen LogP contribution in [-0.4, -0.2) is 34.1 Å². The first kappa shape index (κ1) is 21.5. The summed E-state index contributed by atoms with van der Waals surface area (Å²) in [6, 6.07) is 14.5. The Morgan fingerprint density at radius 3 is 2.44 bits per heavy atom. The Morgan fingerprint density at radius 2 is 1.68 bits per heavy atom. The maximum absolute atomic E-state index is 13.2. The average Bonchev–Trinajstić information content (AvgIpc) is 3.38. The number of amides is 4. The molecule has 2 aliphatic heterocycles. The molecule has 2 aliphatic rings. The quantitative estimate of drug-likeness (QED) is 0.476. The van der Waals surface area contributed by atoms with E-state index in [0.29, 0.717) is 17.1 Å². The number of ether oxygens (including phenoxy) is 2. The third-order valence-electron chi connectivity index (χ3n) is 6.03. The van der Waals surface area contributed by atoms with Gasteiger partial charge < -0.3 is 14.0 Å². The van der Waals surface area contributed by atoms with Crippen LogP contribution in [0.5, 0.6) is 11.5 Å². The number of fused-ring (bicyclic) bond motifs is 1. The minimum absolute atomic E-state index is 0.00564. The lowest BCUT2D eigenvalue weighted by atomic mass is 10.1. The monoisotopic (exact) mass is 457 g/mol. The highest BCUT2D eigenvalue weighted by atomic mass is 16.7. The summed E-state index contributed by atoms with van der Waals surface area (Å²) in [5.41, 5.74) is 5.31. The van der Waals surface area contributed by atoms with Crippen molar-refractivity contribution in [3.8, 4) is 17.2 Å². The number of nitrogens with zero attached hydrogens (tertiary/aromatic N) is 2. The van der Waals surface area contributed by atoms with Gasteiger partial charge in [0.15, 0.2) is 11.5 Å². The van der Waals surface area contributed by atoms with E-state index in [1.165, 1.54) is 0 Å². The van der Waals surface area contributed by atoms with Crippen molar-refractivity contribution in [2.45, 2.75) is 27.3 Å². The van der Waals surface area contributed by atoms with Gasteiger partial charge in [-0.15, -0.1) is 0 Å². The van der Waals surface area contributed by atoms with Crippen LogP contribution >= 0.6 is 0 Å². The number of urea groups is 1. The van der Waals surface area contributed by atoms with Crippen LogP contribution in [0.2, 0.25) is 0 Å². The summed E-state index contributed by atoms with van der Waals surface area (Å²) in [5, 5.41) is 2.28. The van der Waals surface area contributed by atoms with Gasteiger partial charge in [0, 0.05) is 17.1 Å². The number of nitrogens with one attached hydrogen (secondary N) is 1. The zero-order valence-corrected chi connectivity index (χ0v) is 19.0. The van der Waals surface area contributed by atoms with E-state index in [0.717, 1.165) is 33.1 Å². The number of aromatic nitrogens is 1. The zero-order valence-electron chi connectivity index (χ0n) is 19.0. The van der Waals surface area contributed by atoms with Gasteiger partial charge in [0.05, 0.1) is 6.54 Å². The highest BCUT2D eigenvalue weighted by Crippen LogP contribution is 2.33. The number of hydrogen-bond acceptors (Lipinski definition) is 5. The first-order valence-corrected chi connectivity index (χ1v) is 10.8. The summed E-state index contributed by atoms with van der Waals surface area (Å²) >= 11 is 0. The molecule has 34 heavy (non-hydrogen) atoms. The summed E-state index contributed by atoms with van der Waals surface area (Å²) in [6.07, 6.45) is 1.55. The molecule has 3 heterocycles. The summed E-state index contributed by atoms with van der Waals surface area (Å²) < 4.78 is 12.7. The van der Waals surface area contributed by atoms with Crippen molar-refractivity contribution >= 4 is 23.9 Å². The molecule has 1 aromatic heterocycles. The third-order valence-corrected chi connectivity index (χ3v) is 6.03. The van der Waals surface area contributed by atoms with E-state index in [4.69, 9.17) is 9.47 Å². The molecule has 0 aliphatic carbocycles. The number of barbiturate groups is 1. The van der Waals surface area contributed by atoms with Crippen molar-refractivity contribution in [2.24, 2.45) is 0 Å². The van der Waals surface area contributed by atoms with Crippen LogP contribution < -0.4 is 14.8 Å². The summed E-state index contributed by atoms with van der Waals surface area (Å²) in [5.74, 6) is -0.195. The molecule has 8 heteroatoms. The van der Waals surface area contributed by atoms with Gasteiger partial charge in [-0.05, 0) is 68.3 Å². The predicted molar refractivity (Wildman–Crippen MR) is 125 cm³/mol. The Labute approximate surface area is 196 Å². The van der Waals surface area contributed by atoms with Crippen LogP contribution in [-0.2, 0) is 16.1 Å². The van der Waals surface area contributed by atoms with Crippen LogP contribution in [0.1, 0.15) is 28.1 Å². The Morgan fingerprint density at radius 1 is 0.941 bits per heavy atom. The largest absolute Gasteiger partial charge is 0.454 e. The van der Waals surface area contributed by atoms with E-state index in [9.17, 15) is 14.4 Å². The van der Waals surface area contributed by atoms with Gasteiger partial charge in [-0.1, -0.05) is 23.8 Å². The second-order valence-electron chi connectivity index (χ2n) is 8.39. The van der Waals surface area contributed by atoms with E-state index in [-0.39, 0.29) is 18.9 Å². The topological polar surface area (TPSA) is 89.9 Å². The van der Waals surface area contributed by atoms with Crippen LogP contribution in [0.3, 0.4) is 0 Å². The van der Waals surface area contributed by atoms with Gasteiger partial charge in [0.2, 0.25) is 6.79 Å². The average molecular weight is 457 g/mol. The van der Waals surface area contributed by atoms with Crippen molar-refractivity contribution in [1.29, 1.82) is 0 Å².